The van der Waals surface area contributed by atoms with E-state index >= 15 is 0 Å². The number of ether oxygens (including phenoxy) is 1. The third kappa shape index (κ3) is 3.26. The van der Waals surface area contributed by atoms with Gasteiger partial charge in [0.2, 0.25) is 0 Å². The monoisotopic (exact) mass is 197 g/mol. The molecular formula is C9H15N3O2. The second kappa shape index (κ2) is 5.49. The molecule has 0 aliphatic carbocycles. The molecule has 0 atom stereocenters. The number of Topliss-reactive ketones (excluding diaryl/α,β-unsaturated/α-hetero) is 1. The van der Waals surface area contributed by atoms with Crippen molar-refractivity contribution in [2.75, 3.05) is 13.2 Å². The average Bonchev–Trinajstić information content (AvgIpc) is 2.52. The number of aryl methyl sites for hydroxylation is 1. The van der Waals surface area contributed by atoms with Crippen LogP contribution in [-0.2, 0) is 23.0 Å². The van der Waals surface area contributed by atoms with Gasteiger partial charge in [0.1, 0.15) is 17.9 Å². The third-order valence-electron chi connectivity index (χ3n) is 1.89. The molecule has 0 spiro atoms. The Morgan fingerprint density at radius 1 is 1.64 bits per heavy atom. The minimum atomic E-state index is 0.134. The summed E-state index contributed by atoms with van der Waals surface area (Å²) in [4.78, 5) is 15.4. The largest absolute Gasteiger partial charge is 0.381 e. The fraction of sp³-hybridized carbons (Fsp3) is 0.667. The highest BCUT2D eigenvalue weighted by molar-refractivity contribution is 5.80. The lowest BCUT2D eigenvalue weighted by molar-refractivity contribution is -0.119. The van der Waals surface area contributed by atoms with E-state index in [1.165, 1.54) is 6.33 Å². The summed E-state index contributed by atoms with van der Waals surface area (Å²) in [6.07, 6.45) is 2.23. The minimum absolute atomic E-state index is 0.134. The lowest BCUT2D eigenvalue weighted by Crippen LogP contribution is -2.11. The first-order valence-electron chi connectivity index (χ1n) is 4.66. The van der Waals surface area contributed by atoms with Gasteiger partial charge in [-0.15, -0.1) is 0 Å². The Kier molecular flexibility index (Phi) is 4.25. The SMILES string of the molecule is CCOCCC(=O)Cc1ncnn1C. The van der Waals surface area contributed by atoms with Crippen molar-refractivity contribution in [3.8, 4) is 0 Å². The second-order valence-corrected chi connectivity index (χ2v) is 2.96. The lowest BCUT2D eigenvalue weighted by Gasteiger charge is -2.00. The Hall–Kier alpha value is -1.23. The molecule has 1 aromatic heterocycles. The normalized spacial score (nSPS) is 10.4. The number of hydrogen-bond acceptors (Lipinski definition) is 4. The maximum Gasteiger partial charge on any atom is 0.142 e. The van der Waals surface area contributed by atoms with Crippen LogP contribution in [0.1, 0.15) is 19.2 Å². The molecule has 0 aliphatic rings. The molecule has 0 saturated heterocycles. The predicted molar refractivity (Wildman–Crippen MR) is 50.8 cm³/mol. The average molecular weight is 197 g/mol. The third-order valence-corrected chi connectivity index (χ3v) is 1.89. The molecule has 78 valence electrons. The van der Waals surface area contributed by atoms with Gasteiger partial charge in [0, 0.05) is 20.1 Å². The van der Waals surface area contributed by atoms with Crippen LogP contribution < -0.4 is 0 Å². The van der Waals surface area contributed by atoms with Gasteiger partial charge in [-0.2, -0.15) is 5.10 Å². The van der Waals surface area contributed by atoms with E-state index in [-0.39, 0.29) is 5.78 Å². The van der Waals surface area contributed by atoms with Crippen LogP contribution in [0.25, 0.3) is 0 Å². The standard InChI is InChI=1S/C9H15N3O2/c1-3-14-5-4-8(13)6-9-10-7-11-12(9)2/h7H,3-6H2,1-2H3. The summed E-state index contributed by atoms with van der Waals surface area (Å²) in [5.74, 6) is 0.834. The summed E-state index contributed by atoms with van der Waals surface area (Å²) in [6, 6.07) is 0. The number of hydrogen-bond donors (Lipinski definition) is 0. The number of carbonyl (C=O) groups is 1. The van der Waals surface area contributed by atoms with Crippen LogP contribution in [0.15, 0.2) is 6.33 Å². The van der Waals surface area contributed by atoms with Crippen molar-refractivity contribution in [2.24, 2.45) is 7.05 Å². The van der Waals surface area contributed by atoms with E-state index in [1.54, 1.807) is 11.7 Å². The topological polar surface area (TPSA) is 57.0 Å². The molecule has 5 heteroatoms. The summed E-state index contributed by atoms with van der Waals surface area (Å²) in [5.41, 5.74) is 0. The van der Waals surface area contributed by atoms with E-state index in [2.05, 4.69) is 10.1 Å². The van der Waals surface area contributed by atoms with Crippen molar-refractivity contribution >= 4 is 5.78 Å². The second-order valence-electron chi connectivity index (χ2n) is 2.96. The fourth-order valence-electron chi connectivity index (χ4n) is 1.08. The quantitative estimate of drug-likeness (QED) is 0.617. The molecule has 0 radical (unpaired) electrons. The Morgan fingerprint density at radius 3 is 3.00 bits per heavy atom. The fourth-order valence-corrected chi connectivity index (χ4v) is 1.08. The van der Waals surface area contributed by atoms with E-state index in [1.807, 2.05) is 6.92 Å². The van der Waals surface area contributed by atoms with E-state index < -0.39 is 0 Å². The van der Waals surface area contributed by atoms with Gasteiger partial charge >= 0.3 is 0 Å². The van der Waals surface area contributed by atoms with Crippen molar-refractivity contribution in [1.82, 2.24) is 14.8 Å². The molecular weight excluding hydrogens is 182 g/mol. The van der Waals surface area contributed by atoms with Crippen molar-refractivity contribution in [2.45, 2.75) is 19.8 Å². The molecule has 0 unspecified atom stereocenters. The number of aromatic nitrogens is 3. The van der Waals surface area contributed by atoms with Crippen LogP contribution in [-0.4, -0.2) is 33.8 Å². The summed E-state index contributed by atoms with van der Waals surface area (Å²) in [5, 5.41) is 3.89. The highest BCUT2D eigenvalue weighted by Gasteiger charge is 2.07. The van der Waals surface area contributed by atoms with E-state index in [4.69, 9.17) is 4.74 Å². The van der Waals surface area contributed by atoms with Gasteiger partial charge in [0.15, 0.2) is 0 Å². The Labute approximate surface area is 83.1 Å². The molecule has 0 aromatic carbocycles. The zero-order valence-electron chi connectivity index (χ0n) is 8.56. The molecule has 0 amide bonds. The molecule has 1 heterocycles. The first-order valence-corrected chi connectivity index (χ1v) is 4.66. The van der Waals surface area contributed by atoms with Gasteiger partial charge in [-0.3, -0.25) is 9.48 Å². The zero-order valence-corrected chi connectivity index (χ0v) is 8.56. The van der Waals surface area contributed by atoms with Crippen LogP contribution in [0.4, 0.5) is 0 Å². The Bertz CT molecular complexity index is 296. The number of ketones is 1. The number of carbonyl (C=O) groups excluding carboxylic acids is 1. The van der Waals surface area contributed by atoms with Gasteiger partial charge in [-0.05, 0) is 6.92 Å². The lowest BCUT2D eigenvalue weighted by atomic mass is 10.2. The molecule has 1 aromatic rings. The molecule has 0 aliphatic heterocycles. The Morgan fingerprint density at radius 2 is 2.43 bits per heavy atom. The summed E-state index contributed by atoms with van der Waals surface area (Å²) < 4.78 is 6.70. The van der Waals surface area contributed by atoms with Gasteiger partial charge in [-0.25, -0.2) is 4.98 Å². The molecule has 14 heavy (non-hydrogen) atoms. The van der Waals surface area contributed by atoms with Crippen LogP contribution in [0, 0.1) is 0 Å². The highest BCUT2D eigenvalue weighted by Crippen LogP contribution is 1.96. The van der Waals surface area contributed by atoms with Crippen molar-refractivity contribution < 1.29 is 9.53 Å². The first-order chi connectivity index (χ1) is 6.74. The van der Waals surface area contributed by atoms with E-state index in [9.17, 15) is 4.79 Å². The molecule has 0 saturated carbocycles. The number of rotatable bonds is 6. The summed E-state index contributed by atoms with van der Waals surface area (Å²) in [6.45, 7) is 3.05. The number of nitrogens with zero attached hydrogens (tertiary/aromatic N) is 3. The molecule has 0 fully saturated rings. The first kappa shape index (κ1) is 10.8. The molecule has 0 bridgehead atoms. The molecule has 5 nitrogen and oxygen atoms in total. The van der Waals surface area contributed by atoms with Gasteiger partial charge in [0.25, 0.3) is 0 Å². The van der Waals surface area contributed by atoms with E-state index in [0.717, 1.165) is 0 Å². The highest BCUT2D eigenvalue weighted by atomic mass is 16.5. The summed E-state index contributed by atoms with van der Waals surface area (Å²) >= 11 is 0. The van der Waals surface area contributed by atoms with Crippen LogP contribution in [0.3, 0.4) is 0 Å². The molecule has 0 N–H and O–H groups in total. The van der Waals surface area contributed by atoms with Crippen LogP contribution >= 0.6 is 0 Å². The van der Waals surface area contributed by atoms with Crippen molar-refractivity contribution in [1.29, 1.82) is 0 Å². The van der Waals surface area contributed by atoms with E-state index in [0.29, 0.717) is 31.9 Å². The van der Waals surface area contributed by atoms with Gasteiger partial charge in [-0.1, -0.05) is 0 Å². The van der Waals surface area contributed by atoms with Crippen molar-refractivity contribution in [3.63, 3.8) is 0 Å². The van der Waals surface area contributed by atoms with Gasteiger partial charge in [0.05, 0.1) is 13.0 Å². The summed E-state index contributed by atoms with van der Waals surface area (Å²) in [7, 11) is 1.78. The maximum atomic E-state index is 11.4. The van der Waals surface area contributed by atoms with Crippen LogP contribution in [0.5, 0.6) is 0 Å². The smallest absolute Gasteiger partial charge is 0.142 e. The maximum absolute atomic E-state index is 11.4. The van der Waals surface area contributed by atoms with Crippen LogP contribution in [0.2, 0.25) is 0 Å². The van der Waals surface area contributed by atoms with Crippen molar-refractivity contribution in [3.05, 3.63) is 12.2 Å². The minimum Gasteiger partial charge on any atom is -0.381 e. The molecule has 1 rings (SSSR count). The Balaban J connectivity index is 2.31. The van der Waals surface area contributed by atoms with Gasteiger partial charge < -0.3 is 4.74 Å². The predicted octanol–water partition coefficient (Wildman–Crippen LogP) is 0.353. The zero-order chi connectivity index (χ0) is 10.4.